The second-order valence-electron chi connectivity index (χ2n) is 8.06. The number of hydrogen-bond donors (Lipinski definition) is 2. The van der Waals surface area contributed by atoms with E-state index < -0.39 is 11.0 Å². The molecule has 36 heavy (non-hydrogen) atoms. The Labute approximate surface area is 222 Å². The van der Waals surface area contributed by atoms with Gasteiger partial charge >= 0.3 is 0 Å². The molecule has 4 rings (SSSR count). The van der Waals surface area contributed by atoms with E-state index in [0.717, 1.165) is 23.3 Å². The van der Waals surface area contributed by atoms with E-state index in [9.17, 15) is 9.00 Å². The van der Waals surface area contributed by atoms with E-state index in [1.165, 1.54) is 0 Å². The molecule has 0 saturated heterocycles. The molecule has 0 fully saturated rings. The minimum atomic E-state index is -1.61. The summed E-state index contributed by atoms with van der Waals surface area (Å²) in [6.07, 6.45) is 5.74. The monoisotopic (exact) mass is 536 g/mol. The molecule has 0 spiro atoms. The maximum atomic E-state index is 13.8. The average molecular weight is 537 g/mol. The molecule has 0 radical (unpaired) electrons. The van der Waals surface area contributed by atoms with Crippen molar-refractivity contribution < 1.29 is 9.00 Å². The van der Waals surface area contributed by atoms with Crippen molar-refractivity contribution in [2.24, 2.45) is 9.54 Å². The van der Waals surface area contributed by atoms with Crippen LogP contribution in [0, 0.1) is 0 Å². The lowest BCUT2D eigenvalue weighted by molar-refractivity contribution is 0.0756. The van der Waals surface area contributed by atoms with Gasteiger partial charge in [-0.2, -0.15) is 0 Å². The number of carbonyl (C=O) groups excluding carboxylic acids is 1. The number of anilines is 1. The van der Waals surface area contributed by atoms with Crippen LogP contribution in [0.5, 0.6) is 0 Å². The van der Waals surface area contributed by atoms with E-state index >= 15 is 0 Å². The van der Waals surface area contributed by atoms with Crippen molar-refractivity contribution in [1.29, 1.82) is 0 Å². The molecular formula is C27H25ClN4O2S2. The van der Waals surface area contributed by atoms with Gasteiger partial charge in [0.15, 0.2) is 0 Å². The summed E-state index contributed by atoms with van der Waals surface area (Å²) < 4.78 is 20.3. The Morgan fingerprint density at radius 1 is 1.08 bits per heavy atom. The number of amides is 1. The molecule has 9 heteroatoms. The number of nitrogens with two attached hydrogens (primary N) is 1. The van der Waals surface area contributed by atoms with E-state index in [2.05, 4.69) is 9.12 Å². The second-order valence-corrected chi connectivity index (χ2v) is 10.2. The average Bonchev–Trinajstić information content (AvgIpc) is 2.90. The molecule has 1 amide bonds. The SMILES string of the molecule is CN(C(=O)c1ccc(Cl)cc1NS(=O)C1=CC=C/C(=N/SN)C1)C(c1ccccc1)c1ccccc1. The van der Waals surface area contributed by atoms with Gasteiger partial charge < -0.3 is 9.62 Å². The first-order chi connectivity index (χ1) is 17.5. The molecular weight excluding hydrogens is 512 g/mol. The predicted molar refractivity (Wildman–Crippen MR) is 151 cm³/mol. The quantitative estimate of drug-likeness (QED) is 0.341. The fraction of sp³-hybridized carbons (Fsp3) is 0.111. The van der Waals surface area contributed by atoms with E-state index in [1.54, 1.807) is 42.3 Å². The zero-order valence-electron chi connectivity index (χ0n) is 19.5. The third-order valence-electron chi connectivity index (χ3n) is 5.69. The molecule has 0 heterocycles. The lowest BCUT2D eigenvalue weighted by Gasteiger charge is -2.30. The largest absolute Gasteiger partial charge is 0.330 e. The maximum absolute atomic E-state index is 13.8. The third kappa shape index (κ3) is 6.14. The van der Waals surface area contributed by atoms with Crippen molar-refractivity contribution in [3.05, 3.63) is 124 Å². The standard InChI is InChI=1S/C27H25ClN4O2S2/c1-32(26(19-9-4-2-5-10-19)20-11-6-3-7-12-20)27(33)24-16-15-21(28)17-25(24)31-36(34)23-14-8-13-22(18-23)30-35-29/h2-17,26,31H,18,29H2,1H3/b30-22-. The fourth-order valence-electron chi connectivity index (χ4n) is 3.99. The van der Waals surface area contributed by atoms with Gasteiger partial charge in [-0.15, -0.1) is 0 Å². The van der Waals surface area contributed by atoms with Gasteiger partial charge in [0.2, 0.25) is 0 Å². The minimum Gasteiger partial charge on any atom is -0.330 e. The number of benzene rings is 3. The summed E-state index contributed by atoms with van der Waals surface area (Å²) >= 11 is 7.12. The molecule has 0 bridgehead atoms. The van der Waals surface area contributed by atoms with Crippen LogP contribution in [0.3, 0.4) is 0 Å². The Hall–Kier alpha value is -3.17. The smallest absolute Gasteiger partial charge is 0.256 e. The van der Waals surface area contributed by atoms with E-state index in [-0.39, 0.29) is 11.9 Å². The minimum absolute atomic E-state index is 0.233. The van der Waals surface area contributed by atoms with Crippen LogP contribution in [0.4, 0.5) is 5.69 Å². The molecule has 0 aromatic heterocycles. The molecule has 3 N–H and O–H groups in total. The Balaban J connectivity index is 1.65. The third-order valence-corrected chi connectivity index (χ3v) is 7.42. The molecule has 1 aliphatic rings. The van der Waals surface area contributed by atoms with E-state index in [1.807, 2.05) is 66.7 Å². The number of nitrogens with one attached hydrogen (secondary N) is 1. The highest BCUT2D eigenvalue weighted by atomic mass is 35.5. The predicted octanol–water partition coefficient (Wildman–Crippen LogP) is 6.08. The molecule has 184 valence electrons. The Morgan fingerprint density at radius 2 is 1.72 bits per heavy atom. The van der Waals surface area contributed by atoms with Crippen molar-refractivity contribution in [1.82, 2.24) is 4.90 Å². The lowest BCUT2D eigenvalue weighted by Crippen LogP contribution is -2.32. The molecule has 6 nitrogen and oxygen atoms in total. The highest BCUT2D eigenvalue weighted by Gasteiger charge is 2.26. The summed E-state index contributed by atoms with van der Waals surface area (Å²) in [4.78, 5) is 16.1. The summed E-state index contributed by atoms with van der Waals surface area (Å²) in [6, 6.07) is 24.3. The van der Waals surface area contributed by atoms with Crippen LogP contribution >= 0.6 is 23.7 Å². The van der Waals surface area contributed by atoms with Crippen LogP contribution in [-0.2, 0) is 11.0 Å². The van der Waals surface area contributed by atoms with Crippen LogP contribution in [-0.4, -0.2) is 27.8 Å². The van der Waals surface area contributed by atoms with Gasteiger partial charge in [-0.25, -0.2) is 8.61 Å². The lowest BCUT2D eigenvalue weighted by atomic mass is 9.96. The van der Waals surface area contributed by atoms with Gasteiger partial charge in [-0.1, -0.05) is 78.3 Å². The number of nitrogens with zero attached hydrogens (tertiary/aromatic N) is 2. The Morgan fingerprint density at radius 3 is 2.33 bits per heavy atom. The number of rotatable bonds is 8. The highest BCUT2D eigenvalue weighted by Crippen LogP contribution is 2.31. The van der Waals surface area contributed by atoms with Gasteiger partial charge in [0.25, 0.3) is 5.91 Å². The number of hydrogen-bond acceptors (Lipinski definition) is 5. The van der Waals surface area contributed by atoms with Crippen LogP contribution in [0.15, 0.2) is 106 Å². The first kappa shape index (κ1) is 25.9. The van der Waals surface area contributed by atoms with Crippen LogP contribution in [0.2, 0.25) is 5.02 Å². The Bertz CT molecular complexity index is 1300. The molecule has 1 aliphatic carbocycles. The van der Waals surface area contributed by atoms with Crippen LogP contribution in [0.25, 0.3) is 0 Å². The molecule has 0 aliphatic heterocycles. The molecule has 3 aromatic carbocycles. The van der Waals surface area contributed by atoms with Gasteiger partial charge in [0.05, 0.1) is 35.1 Å². The Kier molecular flexibility index (Phi) is 8.77. The number of halogens is 1. The summed E-state index contributed by atoms with van der Waals surface area (Å²) in [7, 11) is 0.155. The number of carbonyl (C=O) groups is 1. The van der Waals surface area contributed by atoms with Crippen molar-refractivity contribution in [2.75, 3.05) is 11.8 Å². The van der Waals surface area contributed by atoms with Crippen LogP contribution in [0.1, 0.15) is 33.9 Å². The topological polar surface area (TPSA) is 87.8 Å². The zero-order valence-corrected chi connectivity index (χ0v) is 21.9. The number of allylic oxidation sites excluding steroid dienone is 4. The maximum Gasteiger partial charge on any atom is 0.256 e. The zero-order chi connectivity index (χ0) is 25.5. The molecule has 1 unspecified atom stereocenters. The fourth-order valence-corrected chi connectivity index (χ4v) is 5.40. The van der Waals surface area contributed by atoms with Gasteiger partial charge in [-0.05, 0) is 41.5 Å². The van der Waals surface area contributed by atoms with Gasteiger partial charge in [0, 0.05) is 23.4 Å². The molecule has 1 atom stereocenters. The molecule has 0 saturated carbocycles. The normalized spacial score (nSPS) is 15.0. The summed E-state index contributed by atoms with van der Waals surface area (Å²) in [5, 5.41) is 5.87. The highest BCUT2D eigenvalue weighted by molar-refractivity contribution is 7.95. The van der Waals surface area contributed by atoms with Crippen molar-refractivity contribution in [3.8, 4) is 0 Å². The van der Waals surface area contributed by atoms with Crippen molar-refractivity contribution in [2.45, 2.75) is 12.5 Å². The first-order valence-corrected chi connectivity index (χ1v) is 13.5. The molecule has 3 aromatic rings. The summed E-state index contributed by atoms with van der Waals surface area (Å²) in [6.45, 7) is 0. The second kappa shape index (κ2) is 12.2. The summed E-state index contributed by atoms with van der Waals surface area (Å²) in [5.41, 5.74) is 3.43. The van der Waals surface area contributed by atoms with Crippen molar-refractivity contribution in [3.63, 3.8) is 0 Å². The first-order valence-electron chi connectivity index (χ1n) is 11.1. The summed E-state index contributed by atoms with van der Waals surface area (Å²) in [5.74, 6) is -0.233. The van der Waals surface area contributed by atoms with E-state index in [0.29, 0.717) is 33.3 Å². The van der Waals surface area contributed by atoms with Gasteiger partial charge in [-0.3, -0.25) is 9.93 Å². The van der Waals surface area contributed by atoms with Gasteiger partial charge in [0.1, 0.15) is 11.0 Å². The van der Waals surface area contributed by atoms with Crippen LogP contribution < -0.4 is 9.86 Å². The van der Waals surface area contributed by atoms with E-state index in [4.69, 9.17) is 16.7 Å². The van der Waals surface area contributed by atoms with Crippen molar-refractivity contribution >= 4 is 52.0 Å².